The van der Waals surface area contributed by atoms with Gasteiger partial charge in [-0.1, -0.05) is 62.3 Å². The second-order valence-corrected chi connectivity index (χ2v) is 23.5. The largest absolute Gasteiger partial charge is 0.413 e. The van der Waals surface area contributed by atoms with Crippen molar-refractivity contribution in [2.24, 2.45) is 28.1 Å². The zero-order valence-electron chi connectivity index (χ0n) is 23.1. The molecular formula is C27H52O3Si2. The molecule has 0 radical (unpaired) electrons. The van der Waals surface area contributed by atoms with Gasteiger partial charge in [0, 0.05) is 0 Å². The van der Waals surface area contributed by atoms with Crippen LogP contribution in [0.25, 0.3) is 0 Å². The third kappa shape index (κ3) is 3.85. The third-order valence-corrected chi connectivity index (χ3v) is 20.1. The molecule has 3 aliphatic carbocycles. The van der Waals surface area contributed by atoms with Gasteiger partial charge in [0.05, 0.1) is 18.1 Å². The van der Waals surface area contributed by atoms with Gasteiger partial charge in [-0.2, -0.15) is 0 Å². The van der Waals surface area contributed by atoms with Gasteiger partial charge in [0.2, 0.25) is 0 Å². The minimum atomic E-state index is -2.00. The molecule has 5 atom stereocenters. The topological polar surface area (TPSA) is 35.5 Å². The summed E-state index contributed by atoms with van der Waals surface area (Å²) in [5.41, 5.74) is 0.0981. The molecule has 0 N–H and O–H groups in total. The summed E-state index contributed by atoms with van der Waals surface area (Å²) in [6, 6.07) is 3.29. The van der Waals surface area contributed by atoms with Gasteiger partial charge in [-0.25, -0.2) is 0 Å². The Balaban J connectivity index is 1.97. The molecule has 0 aliphatic heterocycles. The number of rotatable bonds is 9. The van der Waals surface area contributed by atoms with E-state index in [1.165, 1.54) is 19.3 Å². The fraction of sp³-hybridized carbons (Fsp3) is 0.963. The highest BCUT2D eigenvalue weighted by Crippen LogP contribution is 2.76. The Morgan fingerprint density at radius 2 is 1.53 bits per heavy atom. The molecule has 0 aromatic rings. The van der Waals surface area contributed by atoms with Crippen molar-refractivity contribution in [3.05, 3.63) is 0 Å². The fourth-order valence-electron chi connectivity index (χ4n) is 7.47. The lowest BCUT2D eigenvalue weighted by Gasteiger charge is -2.58. The molecule has 0 aromatic heterocycles. The first-order valence-corrected chi connectivity index (χ1v) is 18.8. The first kappa shape index (κ1) is 26.6. The Morgan fingerprint density at radius 1 is 0.969 bits per heavy atom. The molecule has 3 saturated carbocycles. The van der Waals surface area contributed by atoms with Crippen LogP contribution in [0.5, 0.6) is 0 Å². The Hall–Kier alpha value is 0.0238. The molecule has 3 nitrogen and oxygen atoms in total. The molecule has 3 fully saturated rings. The summed E-state index contributed by atoms with van der Waals surface area (Å²) < 4.78 is 13.9. The van der Waals surface area contributed by atoms with Crippen molar-refractivity contribution < 1.29 is 13.6 Å². The van der Waals surface area contributed by atoms with Crippen LogP contribution in [-0.2, 0) is 13.6 Å². The van der Waals surface area contributed by atoms with E-state index < -0.39 is 16.6 Å². The van der Waals surface area contributed by atoms with E-state index in [9.17, 15) is 4.79 Å². The quantitative estimate of drug-likeness (QED) is 0.315. The molecular weight excluding hydrogens is 428 g/mol. The van der Waals surface area contributed by atoms with E-state index >= 15 is 0 Å². The highest BCUT2D eigenvalue weighted by Gasteiger charge is 2.77. The SMILES string of the molecule is CC[Si](CC)(CC)OCC(=O)[C@]12CC[C@@]1(C)[C@@H]1CC(C)(C)C[C@@H]1[C@H]2O[Si](C)(C)C(C)(C)C. The Morgan fingerprint density at radius 3 is 1.97 bits per heavy atom. The molecule has 0 saturated heterocycles. The zero-order valence-corrected chi connectivity index (χ0v) is 25.1. The lowest BCUT2D eigenvalue weighted by atomic mass is 9.47. The van der Waals surface area contributed by atoms with E-state index in [1.807, 2.05) is 0 Å². The van der Waals surface area contributed by atoms with Gasteiger partial charge in [-0.05, 0) is 84.6 Å². The number of fused-ring (bicyclic) bond motifs is 3. The molecule has 0 unspecified atom stereocenters. The van der Waals surface area contributed by atoms with Crippen molar-refractivity contribution in [3.8, 4) is 0 Å². The number of Topliss-reactive ketones (excluding diaryl/α,β-unsaturated/α-hetero) is 1. The number of hydrogen-bond acceptors (Lipinski definition) is 3. The van der Waals surface area contributed by atoms with E-state index in [-0.39, 0.29) is 22.0 Å². The normalized spacial score (nSPS) is 36.5. The molecule has 0 heterocycles. The van der Waals surface area contributed by atoms with E-state index in [0.29, 0.717) is 29.6 Å². The van der Waals surface area contributed by atoms with E-state index in [2.05, 4.69) is 75.4 Å². The van der Waals surface area contributed by atoms with Crippen LogP contribution in [0, 0.1) is 28.1 Å². The van der Waals surface area contributed by atoms with Gasteiger partial charge in [0.25, 0.3) is 0 Å². The van der Waals surface area contributed by atoms with Crippen molar-refractivity contribution in [1.82, 2.24) is 0 Å². The van der Waals surface area contributed by atoms with Crippen LogP contribution >= 0.6 is 0 Å². The average molecular weight is 481 g/mol. The molecule has 3 aliphatic rings. The Kier molecular flexibility index (Phi) is 6.91. The van der Waals surface area contributed by atoms with Crippen molar-refractivity contribution in [3.63, 3.8) is 0 Å². The summed E-state index contributed by atoms with van der Waals surface area (Å²) in [4.78, 5) is 14.2. The average Bonchev–Trinajstić information content (AvgIpc) is 3.06. The highest BCUT2D eigenvalue weighted by atomic mass is 28.4. The van der Waals surface area contributed by atoms with Crippen LogP contribution in [0.2, 0.25) is 36.3 Å². The van der Waals surface area contributed by atoms with E-state index in [1.54, 1.807) is 0 Å². The van der Waals surface area contributed by atoms with Crippen molar-refractivity contribution in [1.29, 1.82) is 0 Å². The van der Waals surface area contributed by atoms with Crippen LogP contribution in [0.4, 0.5) is 0 Å². The molecule has 32 heavy (non-hydrogen) atoms. The van der Waals surface area contributed by atoms with Gasteiger partial charge in [0.1, 0.15) is 0 Å². The maximum atomic E-state index is 14.2. The second kappa shape index (κ2) is 8.31. The minimum absolute atomic E-state index is 0.0750. The maximum Gasteiger partial charge on any atom is 0.192 e. The van der Waals surface area contributed by atoms with Gasteiger partial charge in [-0.3, -0.25) is 4.79 Å². The van der Waals surface area contributed by atoms with E-state index in [0.717, 1.165) is 24.6 Å². The monoisotopic (exact) mass is 480 g/mol. The molecule has 5 heteroatoms. The van der Waals surface area contributed by atoms with Crippen LogP contribution in [0.15, 0.2) is 0 Å². The lowest BCUT2D eigenvalue weighted by molar-refractivity contribution is -0.166. The van der Waals surface area contributed by atoms with Crippen molar-refractivity contribution in [2.45, 2.75) is 130 Å². The fourth-order valence-corrected chi connectivity index (χ4v) is 11.4. The van der Waals surface area contributed by atoms with Gasteiger partial charge in [-0.15, -0.1) is 0 Å². The zero-order chi connectivity index (χ0) is 24.4. The van der Waals surface area contributed by atoms with Crippen LogP contribution in [0.3, 0.4) is 0 Å². The summed E-state index contributed by atoms with van der Waals surface area (Å²) in [7, 11) is -3.79. The highest BCUT2D eigenvalue weighted by molar-refractivity contribution is 6.74. The van der Waals surface area contributed by atoms with Gasteiger partial charge >= 0.3 is 0 Å². The number of hydrogen-bond donors (Lipinski definition) is 0. The number of ketones is 1. The molecule has 0 bridgehead atoms. The summed E-state index contributed by atoms with van der Waals surface area (Å²) in [6.07, 6.45) is 4.67. The van der Waals surface area contributed by atoms with Crippen LogP contribution in [0.1, 0.15) is 88.0 Å². The Bertz CT molecular complexity index is 713. The lowest BCUT2D eigenvalue weighted by Crippen LogP contribution is -2.62. The molecule has 3 rings (SSSR count). The first-order chi connectivity index (χ1) is 14.5. The minimum Gasteiger partial charge on any atom is -0.413 e. The molecule has 0 amide bonds. The predicted octanol–water partition coefficient (Wildman–Crippen LogP) is 7.82. The first-order valence-electron chi connectivity index (χ1n) is 13.4. The standard InChI is InChI=1S/C27H52O3Si2/c1-12-32(13-2,14-3)29-19-22(28)27-16-15-26(27,9)21-18-25(7,8)17-20(21)23(27)30-31(10,11)24(4,5)6/h20-21,23H,12-19H2,1-11H3/t20-,21+,23+,26-,27-/m0/s1. The Labute approximate surface area is 201 Å². The maximum absolute atomic E-state index is 14.2. The predicted molar refractivity (Wildman–Crippen MR) is 140 cm³/mol. The number of carbonyl (C=O) groups excluding carboxylic acids is 1. The molecule has 186 valence electrons. The smallest absolute Gasteiger partial charge is 0.192 e. The summed E-state index contributed by atoms with van der Waals surface area (Å²) in [5, 5.41) is 0.148. The molecule has 0 spiro atoms. The van der Waals surface area contributed by atoms with Crippen LogP contribution in [-0.4, -0.2) is 35.1 Å². The summed E-state index contributed by atoms with van der Waals surface area (Å²) >= 11 is 0. The van der Waals surface area contributed by atoms with E-state index in [4.69, 9.17) is 8.85 Å². The van der Waals surface area contributed by atoms with Gasteiger partial charge in [0.15, 0.2) is 22.4 Å². The number of carbonyl (C=O) groups is 1. The van der Waals surface area contributed by atoms with Gasteiger partial charge < -0.3 is 8.85 Å². The second-order valence-electron chi connectivity index (χ2n) is 14.0. The molecule has 0 aromatic carbocycles. The summed E-state index contributed by atoms with van der Waals surface area (Å²) in [6.45, 7) is 26.1. The van der Waals surface area contributed by atoms with Crippen LogP contribution < -0.4 is 0 Å². The summed E-state index contributed by atoms with van der Waals surface area (Å²) in [5.74, 6) is 1.49. The third-order valence-electron chi connectivity index (χ3n) is 11.0. The van der Waals surface area contributed by atoms with Crippen molar-refractivity contribution in [2.75, 3.05) is 6.61 Å². The van der Waals surface area contributed by atoms with Crippen molar-refractivity contribution >= 4 is 22.4 Å².